The molecule has 2 heterocycles. The SMILES string of the molecule is Cc1ccc2c(c1)C(O)CCCN2C(=O)c1ccc(NC(=O)c2ccc([N+](=O)[O-])cc2)cn1. The van der Waals surface area contributed by atoms with Crippen molar-refractivity contribution >= 4 is 28.9 Å². The number of aryl methyl sites for hydroxylation is 1. The number of hydrogen-bond donors (Lipinski definition) is 2. The van der Waals surface area contributed by atoms with Gasteiger partial charge in [-0.2, -0.15) is 0 Å². The zero-order chi connectivity index (χ0) is 23.5. The van der Waals surface area contributed by atoms with Crippen LogP contribution in [0, 0.1) is 17.0 Å². The van der Waals surface area contributed by atoms with E-state index in [0.29, 0.717) is 30.8 Å². The summed E-state index contributed by atoms with van der Waals surface area (Å²) < 4.78 is 0. The van der Waals surface area contributed by atoms with Gasteiger partial charge in [-0.3, -0.25) is 19.7 Å². The number of nitrogens with one attached hydrogen (secondary N) is 1. The van der Waals surface area contributed by atoms with E-state index in [4.69, 9.17) is 0 Å². The standard InChI is InChI=1S/C24H22N4O5/c1-15-4-11-21-19(13-15)22(29)3-2-12-27(21)24(31)20-10-7-17(14-25-20)26-23(30)16-5-8-18(9-6-16)28(32)33/h4-11,13-14,22,29H,2-3,12H2,1H3,(H,26,30). The summed E-state index contributed by atoms with van der Waals surface area (Å²) in [6.45, 7) is 2.40. The molecule has 1 aliphatic heterocycles. The number of benzene rings is 2. The Bertz CT molecular complexity index is 1210. The van der Waals surface area contributed by atoms with Crippen LogP contribution in [0.5, 0.6) is 0 Å². The molecule has 3 aromatic rings. The number of aromatic nitrogens is 1. The van der Waals surface area contributed by atoms with Gasteiger partial charge in [0, 0.05) is 35.5 Å². The maximum Gasteiger partial charge on any atom is 0.276 e. The molecule has 0 bridgehead atoms. The van der Waals surface area contributed by atoms with Crippen LogP contribution in [0.1, 0.15) is 50.9 Å². The Labute approximate surface area is 189 Å². The van der Waals surface area contributed by atoms with Crippen molar-refractivity contribution in [2.24, 2.45) is 0 Å². The average molecular weight is 446 g/mol. The number of non-ortho nitro benzene ring substituents is 1. The van der Waals surface area contributed by atoms with E-state index in [1.165, 1.54) is 36.5 Å². The molecule has 1 aliphatic rings. The number of hydrogen-bond acceptors (Lipinski definition) is 6. The second-order valence-corrected chi connectivity index (χ2v) is 7.87. The van der Waals surface area contributed by atoms with E-state index in [9.17, 15) is 24.8 Å². The van der Waals surface area contributed by atoms with Crippen LogP contribution in [0.4, 0.5) is 17.1 Å². The van der Waals surface area contributed by atoms with Crippen LogP contribution in [-0.4, -0.2) is 33.4 Å². The largest absolute Gasteiger partial charge is 0.388 e. The topological polar surface area (TPSA) is 126 Å². The van der Waals surface area contributed by atoms with Crippen molar-refractivity contribution in [3.05, 3.63) is 93.3 Å². The van der Waals surface area contributed by atoms with Crippen molar-refractivity contribution in [2.45, 2.75) is 25.9 Å². The summed E-state index contributed by atoms with van der Waals surface area (Å²) in [6.07, 6.45) is 1.99. The van der Waals surface area contributed by atoms with Gasteiger partial charge in [-0.1, -0.05) is 17.7 Å². The van der Waals surface area contributed by atoms with Gasteiger partial charge < -0.3 is 15.3 Å². The van der Waals surface area contributed by atoms with Gasteiger partial charge >= 0.3 is 0 Å². The Hall–Kier alpha value is -4.11. The molecule has 9 heteroatoms. The van der Waals surface area contributed by atoms with Crippen LogP contribution in [0.25, 0.3) is 0 Å². The molecule has 1 atom stereocenters. The summed E-state index contributed by atoms with van der Waals surface area (Å²) in [6, 6.07) is 14.0. The molecule has 0 fully saturated rings. The summed E-state index contributed by atoms with van der Waals surface area (Å²) in [5, 5.41) is 23.9. The summed E-state index contributed by atoms with van der Waals surface area (Å²) >= 11 is 0. The molecule has 4 rings (SSSR count). The first kappa shape index (κ1) is 22.1. The highest BCUT2D eigenvalue weighted by atomic mass is 16.6. The minimum Gasteiger partial charge on any atom is -0.388 e. The van der Waals surface area contributed by atoms with Crippen LogP contribution < -0.4 is 10.2 Å². The van der Waals surface area contributed by atoms with Crippen LogP contribution >= 0.6 is 0 Å². The molecule has 0 saturated carbocycles. The van der Waals surface area contributed by atoms with Gasteiger partial charge in [0.05, 0.1) is 22.9 Å². The maximum atomic E-state index is 13.2. The predicted molar refractivity (Wildman–Crippen MR) is 122 cm³/mol. The first-order valence-corrected chi connectivity index (χ1v) is 10.5. The molecule has 2 amide bonds. The van der Waals surface area contributed by atoms with Gasteiger partial charge in [0.15, 0.2) is 0 Å². The van der Waals surface area contributed by atoms with Crippen molar-refractivity contribution in [3.63, 3.8) is 0 Å². The number of fused-ring (bicyclic) bond motifs is 1. The molecular formula is C24H22N4O5. The Morgan fingerprint density at radius 3 is 2.58 bits per heavy atom. The summed E-state index contributed by atoms with van der Waals surface area (Å²) in [5.41, 5.74) is 3.17. The second kappa shape index (κ2) is 9.17. The van der Waals surface area contributed by atoms with Crippen molar-refractivity contribution in [1.82, 2.24) is 4.98 Å². The number of pyridine rings is 1. The lowest BCUT2D eigenvalue weighted by Crippen LogP contribution is -2.32. The number of anilines is 2. The first-order chi connectivity index (χ1) is 15.8. The molecule has 1 aromatic heterocycles. The molecule has 0 aliphatic carbocycles. The molecule has 33 heavy (non-hydrogen) atoms. The fraction of sp³-hybridized carbons (Fsp3) is 0.208. The highest BCUT2D eigenvalue weighted by Crippen LogP contribution is 2.34. The Balaban J connectivity index is 1.50. The van der Waals surface area contributed by atoms with E-state index in [2.05, 4.69) is 10.3 Å². The molecule has 168 valence electrons. The molecule has 2 aromatic carbocycles. The number of rotatable bonds is 4. The molecule has 2 N–H and O–H groups in total. The monoisotopic (exact) mass is 446 g/mol. The Morgan fingerprint density at radius 2 is 1.91 bits per heavy atom. The van der Waals surface area contributed by atoms with Gasteiger partial charge in [0.1, 0.15) is 5.69 Å². The maximum absolute atomic E-state index is 13.2. The number of amides is 2. The molecule has 0 radical (unpaired) electrons. The lowest BCUT2D eigenvalue weighted by Gasteiger charge is -2.23. The van der Waals surface area contributed by atoms with E-state index in [0.717, 1.165) is 11.1 Å². The highest BCUT2D eigenvalue weighted by molar-refractivity contribution is 6.06. The number of carbonyl (C=O) groups is 2. The van der Waals surface area contributed by atoms with E-state index in [1.54, 1.807) is 11.0 Å². The van der Waals surface area contributed by atoms with E-state index in [-0.39, 0.29) is 22.9 Å². The van der Waals surface area contributed by atoms with Crippen molar-refractivity contribution < 1.29 is 19.6 Å². The van der Waals surface area contributed by atoms with Gasteiger partial charge in [0.25, 0.3) is 17.5 Å². The van der Waals surface area contributed by atoms with Gasteiger partial charge in [0.2, 0.25) is 0 Å². The third kappa shape index (κ3) is 4.73. The summed E-state index contributed by atoms with van der Waals surface area (Å²) in [4.78, 5) is 41.6. The quantitative estimate of drug-likeness (QED) is 0.460. The predicted octanol–water partition coefficient (Wildman–Crippen LogP) is 4.02. The second-order valence-electron chi connectivity index (χ2n) is 7.87. The molecule has 1 unspecified atom stereocenters. The van der Waals surface area contributed by atoms with Crippen molar-refractivity contribution in [2.75, 3.05) is 16.8 Å². The lowest BCUT2D eigenvalue weighted by atomic mass is 10.0. The van der Waals surface area contributed by atoms with Crippen LogP contribution in [0.3, 0.4) is 0 Å². The normalized spacial score (nSPS) is 15.3. The van der Waals surface area contributed by atoms with E-state index in [1.807, 2.05) is 25.1 Å². The van der Waals surface area contributed by atoms with Gasteiger partial charge in [-0.15, -0.1) is 0 Å². The van der Waals surface area contributed by atoms with Gasteiger partial charge in [-0.25, -0.2) is 4.98 Å². The number of nitrogens with zero attached hydrogens (tertiary/aromatic N) is 3. The number of nitro benzene ring substituents is 1. The van der Waals surface area contributed by atoms with Crippen LogP contribution in [-0.2, 0) is 0 Å². The number of aliphatic hydroxyl groups is 1. The number of carbonyl (C=O) groups excluding carboxylic acids is 2. The van der Waals surface area contributed by atoms with E-state index >= 15 is 0 Å². The van der Waals surface area contributed by atoms with E-state index < -0.39 is 16.9 Å². The Morgan fingerprint density at radius 1 is 1.15 bits per heavy atom. The summed E-state index contributed by atoms with van der Waals surface area (Å²) in [7, 11) is 0. The van der Waals surface area contributed by atoms with Crippen LogP contribution in [0.15, 0.2) is 60.8 Å². The van der Waals surface area contributed by atoms with Crippen molar-refractivity contribution in [1.29, 1.82) is 0 Å². The zero-order valence-electron chi connectivity index (χ0n) is 17.9. The smallest absolute Gasteiger partial charge is 0.276 e. The minimum atomic E-state index is -0.623. The highest BCUT2D eigenvalue weighted by Gasteiger charge is 2.27. The first-order valence-electron chi connectivity index (χ1n) is 10.5. The zero-order valence-corrected chi connectivity index (χ0v) is 17.9. The number of nitro groups is 1. The fourth-order valence-corrected chi connectivity index (χ4v) is 3.79. The average Bonchev–Trinajstić information content (AvgIpc) is 2.97. The molecule has 0 saturated heterocycles. The Kier molecular flexibility index (Phi) is 6.14. The molecular weight excluding hydrogens is 424 g/mol. The third-order valence-electron chi connectivity index (χ3n) is 5.52. The van der Waals surface area contributed by atoms with Crippen LogP contribution in [0.2, 0.25) is 0 Å². The van der Waals surface area contributed by atoms with Crippen molar-refractivity contribution in [3.8, 4) is 0 Å². The number of aliphatic hydroxyl groups excluding tert-OH is 1. The fourth-order valence-electron chi connectivity index (χ4n) is 3.79. The molecule has 9 nitrogen and oxygen atoms in total. The molecule has 0 spiro atoms. The lowest BCUT2D eigenvalue weighted by molar-refractivity contribution is -0.384. The third-order valence-corrected chi connectivity index (χ3v) is 5.52. The van der Waals surface area contributed by atoms with Gasteiger partial charge in [-0.05, 0) is 50.1 Å². The summed E-state index contributed by atoms with van der Waals surface area (Å²) in [5.74, 6) is -0.737. The minimum absolute atomic E-state index is 0.103.